The Labute approximate surface area is 133 Å². The highest BCUT2D eigenvalue weighted by Gasteiger charge is 2.10. The molecule has 0 atom stereocenters. The average Bonchev–Trinajstić information content (AvgIpc) is 2.53. The molecule has 0 spiro atoms. The molecule has 5 nitrogen and oxygen atoms in total. The number of hydrogen-bond donors (Lipinski definition) is 3. The normalized spacial score (nSPS) is 9.91. The number of rotatable bonds is 3. The standard InChI is InChI=1S/C16H16ClN3O2/c1-2-11-6-5-7-12(10-11)18-16(22)20-19-15(21)13-8-3-4-9-14(13)17/h3-10H,2H2,1H3,(H,19,21)(H2,18,20,22). The molecule has 0 saturated carbocycles. The molecule has 0 aliphatic rings. The summed E-state index contributed by atoms with van der Waals surface area (Å²) >= 11 is 5.91. The van der Waals surface area contributed by atoms with Crippen molar-refractivity contribution in [3.05, 3.63) is 64.7 Å². The molecule has 6 heteroatoms. The Kier molecular flexibility index (Phi) is 5.38. The van der Waals surface area contributed by atoms with Crippen LogP contribution in [0.15, 0.2) is 48.5 Å². The molecule has 2 aromatic rings. The van der Waals surface area contributed by atoms with Crippen molar-refractivity contribution in [2.24, 2.45) is 0 Å². The first-order chi connectivity index (χ1) is 10.6. The van der Waals surface area contributed by atoms with Crippen LogP contribution in [0.2, 0.25) is 5.02 Å². The largest absolute Gasteiger partial charge is 0.337 e. The van der Waals surface area contributed by atoms with Crippen molar-refractivity contribution in [3.8, 4) is 0 Å². The predicted octanol–water partition coefficient (Wildman–Crippen LogP) is 3.37. The van der Waals surface area contributed by atoms with Gasteiger partial charge < -0.3 is 5.32 Å². The lowest BCUT2D eigenvalue weighted by Crippen LogP contribution is -2.44. The van der Waals surface area contributed by atoms with Crippen LogP contribution in [-0.4, -0.2) is 11.9 Å². The number of aryl methyl sites for hydroxylation is 1. The van der Waals surface area contributed by atoms with Crippen LogP contribution in [0.25, 0.3) is 0 Å². The Balaban J connectivity index is 1.90. The van der Waals surface area contributed by atoms with E-state index in [0.717, 1.165) is 12.0 Å². The third kappa shape index (κ3) is 4.23. The van der Waals surface area contributed by atoms with Crippen LogP contribution in [0.3, 0.4) is 0 Å². The van der Waals surface area contributed by atoms with Crippen molar-refractivity contribution in [2.75, 3.05) is 5.32 Å². The van der Waals surface area contributed by atoms with Crippen LogP contribution in [0.4, 0.5) is 10.5 Å². The summed E-state index contributed by atoms with van der Waals surface area (Å²) in [7, 11) is 0. The molecule has 0 fully saturated rings. The van der Waals surface area contributed by atoms with Crippen LogP contribution in [0.1, 0.15) is 22.8 Å². The SMILES string of the molecule is CCc1cccc(NC(=O)NNC(=O)c2ccccc2Cl)c1. The van der Waals surface area contributed by atoms with E-state index in [1.54, 1.807) is 30.3 Å². The van der Waals surface area contributed by atoms with Gasteiger partial charge in [0.15, 0.2) is 0 Å². The molecule has 3 N–H and O–H groups in total. The fourth-order valence-corrected chi connectivity index (χ4v) is 2.08. The molecule has 0 aliphatic carbocycles. The van der Waals surface area contributed by atoms with E-state index in [4.69, 9.17) is 11.6 Å². The van der Waals surface area contributed by atoms with Crippen molar-refractivity contribution < 1.29 is 9.59 Å². The monoisotopic (exact) mass is 317 g/mol. The Morgan fingerprint density at radius 1 is 1.05 bits per heavy atom. The van der Waals surface area contributed by atoms with Gasteiger partial charge in [-0.05, 0) is 36.2 Å². The molecular weight excluding hydrogens is 302 g/mol. The second-order valence-electron chi connectivity index (χ2n) is 4.57. The van der Waals surface area contributed by atoms with Crippen molar-refractivity contribution in [1.82, 2.24) is 10.9 Å². The average molecular weight is 318 g/mol. The summed E-state index contributed by atoms with van der Waals surface area (Å²) in [5, 5.41) is 2.96. The lowest BCUT2D eigenvalue weighted by molar-refractivity contribution is 0.0938. The van der Waals surface area contributed by atoms with E-state index in [1.807, 2.05) is 25.1 Å². The fraction of sp³-hybridized carbons (Fsp3) is 0.125. The lowest BCUT2D eigenvalue weighted by atomic mass is 10.1. The highest BCUT2D eigenvalue weighted by atomic mass is 35.5. The third-order valence-electron chi connectivity index (χ3n) is 3.00. The molecule has 0 saturated heterocycles. The first-order valence-corrected chi connectivity index (χ1v) is 7.18. The van der Waals surface area contributed by atoms with Crippen LogP contribution in [0.5, 0.6) is 0 Å². The zero-order chi connectivity index (χ0) is 15.9. The van der Waals surface area contributed by atoms with Crippen LogP contribution in [0, 0.1) is 0 Å². The van der Waals surface area contributed by atoms with Gasteiger partial charge in [0, 0.05) is 5.69 Å². The van der Waals surface area contributed by atoms with Gasteiger partial charge in [0.25, 0.3) is 5.91 Å². The predicted molar refractivity (Wildman–Crippen MR) is 86.9 cm³/mol. The van der Waals surface area contributed by atoms with Gasteiger partial charge in [-0.15, -0.1) is 0 Å². The molecular formula is C16H16ClN3O2. The summed E-state index contributed by atoms with van der Waals surface area (Å²) in [5.74, 6) is -0.483. The van der Waals surface area contributed by atoms with Crippen LogP contribution in [-0.2, 0) is 6.42 Å². The molecule has 0 bridgehead atoms. The summed E-state index contributed by atoms with van der Waals surface area (Å²) in [6, 6.07) is 13.5. The minimum absolute atomic E-state index is 0.289. The second-order valence-corrected chi connectivity index (χ2v) is 4.97. The van der Waals surface area contributed by atoms with Gasteiger partial charge in [-0.25, -0.2) is 10.2 Å². The fourth-order valence-electron chi connectivity index (χ4n) is 1.86. The molecule has 114 valence electrons. The van der Waals surface area contributed by atoms with Crippen molar-refractivity contribution in [1.29, 1.82) is 0 Å². The number of carbonyl (C=O) groups excluding carboxylic acids is 2. The zero-order valence-electron chi connectivity index (χ0n) is 12.0. The number of anilines is 1. The smallest absolute Gasteiger partial charge is 0.307 e. The molecule has 0 aliphatic heterocycles. The Hall–Kier alpha value is -2.53. The molecule has 3 amide bonds. The van der Waals surface area contributed by atoms with Crippen LogP contribution < -0.4 is 16.2 Å². The number of carbonyl (C=O) groups is 2. The van der Waals surface area contributed by atoms with E-state index in [9.17, 15) is 9.59 Å². The summed E-state index contributed by atoms with van der Waals surface area (Å²) in [6.07, 6.45) is 0.875. The maximum absolute atomic E-state index is 11.9. The number of amides is 3. The molecule has 0 aromatic heterocycles. The summed E-state index contributed by atoms with van der Waals surface area (Å²) in [6.45, 7) is 2.03. The third-order valence-corrected chi connectivity index (χ3v) is 3.33. The number of urea groups is 1. The molecule has 0 heterocycles. The Bertz CT molecular complexity index is 689. The summed E-state index contributed by atoms with van der Waals surface area (Å²) in [4.78, 5) is 23.6. The minimum Gasteiger partial charge on any atom is -0.307 e. The summed E-state index contributed by atoms with van der Waals surface area (Å²) < 4.78 is 0. The molecule has 22 heavy (non-hydrogen) atoms. The number of halogens is 1. The number of hydrogen-bond acceptors (Lipinski definition) is 2. The van der Waals surface area contributed by atoms with E-state index >= 15 is 0 Å². The van der Waals surface area contributed by atoms with Gasteiger partial charge in [-0.3, -0.25) is 10.2 Å². The van der Waals surface area contributed by atoms with Gasteiger partial charge in [-0.1, -0.05) is 42.8 Å². The molecule has 2 aromatic carbocycles. The van der Waals surface area contributed by atoms with Crippen molar-refractivity contribution in [3.63, 3.8) is 0 Å². The minimum atomic E-state index is -0.534. The quantitative estimate of drug-likeness (QED) is 0.760. The van der Waals surface area contributed by atoms with E-state index in [1.165, 1.54) is 0 Å². The topological polar surface area (TPSA) is 70.2 Å². The van der Waals surface area contributed by atoms with Gasteiger partial charge in [0.05, 0.1) is 10.6 Å². The summed E-state index contributed by atoms with van der Waals surface area (Å²) in [5.41, 5.74) is 6.64. The number of benzene rings is 2. The molecule has 0 unspecified atom stereocenters. The van der Waals surface area contributed by atoms with Gasteiger partial charge in [0.2, 0.25) is 0 Å². The Morgan fingerprint density at radius 3 is 2.55 bits per heavy atom. The van der Waals surface area contributed by atoms with E-state index in [0.29, 0.717) is 10.7 Å². The highest BCUT2D eigenvalue weighted by Crippen LogP contribution is 2.14. The van der Waals surface area contributed by atoms with Crippen LogP contribution >= 0.6 is 11.6 Å². The maximum Gasteiger partial charge on any atom is 0.337 e. The second kappa shape index (κ2) is 7.47. The van der Waals surface area contributed by atoms with E-state index < -0.39 is 11.9 Å². The molecule has 2 rings (SSSR count). The lowest BCUT2D eigenvalue weighted by Gasteiger charge is -2.10. The first kappa shape index (κ1) is 15.9. The first-order valence-electron chi connectivity index (χ1n) is 6.81. The van der Waals surface area contributed by atoms with Crippen molar-refractivity contribution >= 4 is 29.2 Å². The zero-order valence-corrected chi connectivity index (χ0v) is 12.8. The Morgan fingerprint density at radius 2 is 1.82 bits per heavy atom. The van der Waals surface area contributed by atoms with Gasteiger partial charge in [-0.2, -0.15) is 0 Å². The maximum atomic E-state index is 11.9. The van der Waals surface area contributed by atoms with Gasteiger partial charge >= 0.3 is 6.03 Å². The van der Waals surface area contributed by atoms with Crippen molar-refractivity contribution in [2.45, 2.75) is 13.3 Å². The van der Waals surface area contributed by atoms with E-state index in [-0.39, 0.29) is 5.56 Å². The molecule has 0 radical (unpaired) electrons. The number of nitrogens with one attached hydrogen (secondary N) is 3. The number of hydrazine groups is 1. The van der Waals surface area contributed by atoms with E-state index in [2.05, 4.69) is 16.2 Å². The van der Waals surface area contributed by atoms with Gasteiger partial charge in [0.1, 0.15) is 0 Å². The highest BCUT2D eigenvalue weighted by molar-refractivity contribution is 6.33.